The molecular formula is C16H26N2S. The average Bonchev–Trinajstić information content (AvgIpc) is 2.16. The number of nitrogens with one attached hydrogen (secondary N) is 2. The van der Waals surface area contributed by atoms with Crippen molar-refractivity contribution in [2.75, 3.05) is 5.32 Å². The highest BCUT2D eigenvalue weighted by molar-refractivity contribution is 7.80. The molecule has 0 aliphatic carbocycles. The highest BCUT2D eigenvalue weighted by Gasteiger charge is 2.15. The van der Waals surface area contributed by atoms with Crippen molar-refractivity contribution < 1.29 is 0 Å². The summed E-state index contributed by atoms with van der Waals surface area (Å²) in [5, 5.41) is 7.19. The van der Waals surface area contributed by atoms with Gasteiger partial charge in [0.05, 0.1) is 0 Å². The number of hydrogen-bond donors (Lipinski definition) is 2. The monoisotopic (exact) mass is 278 g/mol. The SMILES string of the molecule is Cc1cc(C(C)(C)C)ccc1NC(=S)NC(C)(C)C. The second kappa shape index (κ2) is 5.49. The summed E-state index contributed by atoms with van der Waals surface area (Å²) in [6, 6.07) is 6.49. The van der Waals surface area contributed by atoms with Crippen LogP contribution in [0.25, 0.3) is 0 Å². The fraction of sp³-hybridized carbons (Fsp3) is 0.562. The predicted molar refractivity (Wildman–Crippen MR) is 89.0 cm³/mol. The first kappa shape index (κ1) is 16.0. The van der Waals surface area contributed by atoms with Crippen molar-refractivity contribution in [3.05, 3.63) is 29.3 Å². The number of rotatable bonds is 1. The van der Waals surface area contributed by atoms with Gasteiger partial charge in [0, 0.05) is 11.2 Å². The second-order valence-corrected chi connectivity index (χ2v) is 7.52. The van der Waals surface area contributed by atoms with E-state index in [2.05, 4.69) is 77.3 Å². The molecule has 0 amide bonds. The van der Waals surface area contributed by atoms with Gasteiger partial charge in [-0.3, -0.25) is 0 Å². The standard InChI is InChI=1S/C16H26N2S/c1-11-10-12(15(2,3)4)8-9-13(11)17-14(19)18-16(5,6)7/h8-10H,1-7H3,(H2,17,18,19). The molecule has 0 aliphatic heterocycles. The normalized spacial score (nSPS) is 12.2. The summed E-state index contributed by atoms with van der Waals surface area (Å²) >= 11 is 5.33. The van der Waals surface area contributed by atoms with Crippen molar-refractivity contribution in [3.63, 3.8) is 0 Å². The molecule has 19 heavy (non-hydrogen) atoms. The molecule has 106 valence electrons. The maximum atomic E-state index is 5.33. The Morgan fingerprint density at radius 3 is 2.05 bits per heavy atom. The van der Waals surface area contributed by atoms with Crippen LogP contribution in [-0.4, -0.2) is 10.7 Å². The summed E-state index contributed by atoms with van der Waals surface area (Å²) in [7, 11) is 0. The van der Waals surface area contributed by atoms with Crippen LogP contribution in [0.5, 0.6) is 0 Å². The molecule has 0 heterocycles. The Hall–Kier alpha value is -1.09. The van der Waals surface area contributed by atoms with Gasteiger partial charge in [-0.2, -0.15) is 0 Å². The highest BCUT2D eigenvalue weighted by Crippen LogP contribution is 2.26. The van der Waals surface area contributed by atoms with E-state index >= 15 is 0 Å². The van der Waals surface area contributed by atoms with Crippen LogP contribution < -0.4 is 10.6 Å². The maximum absolute atomic E-state index is 5.33. The molecule has 0 bridgehead atoms. The van der Waals surface area contributed by atoms with Gasteiger partial charge in [0.1, 0.15) is 0 Å². The molecule has 1 rings (SSSR count). The Morgan fingerprint density at radius 1 is 1.05 bits per heavy atom. The first-order chi connectivity index (χ1) is 8.49. The van der Waals surface area contributed by atoms with Gasteiger partial charge in [-0.25, -0.2) is 0 Å². The summed E-state index contributed by atoms with van der Waals surface area (Å²) < 4.78 is 0. The van der Waals surface area contributed by atoms with Crippen molar-refractivity contribution in [2.45, 2.75) is 59.4 Å². The molecule has 0 saturated carbocycles. The van der Waals surface area contributed by atoms with Gasteiger partial charge in [-0.05, 0) is 62.5 Å². The van der Waals surface area contributed by atoms with Crippen LogP contribution in [0.2, 0.25) is 0 Å². The zero-order chi connectivity index (χ0) is 14.8. The van der Waals surface area contributed by atoms with E-state index in [1.54, 1.807) is 0 Å². The van der Waals surface area contributed by atoms with E-state index in [1.807, 2.05) is 0 Å². The number of thiocarbonyl (C=S) groups is 1. The van der Waals surface area contributed by atoms with Gasteiger partial charge in [-0.15, -0.1) is 0 Å². The molecule has 0 unspecified atom stereocenters. The van der Waals surface area contributed by atoms with Crippen LogP contribution in [0.1, 0.15) is 52.7 Å². The van der Waals surface area contributed by atoms with Gasteiger partial charge < -0.3 is 10.6 Å². The van der Waals surface area contributed by atoms with Gasteiger partial charge in [0.2, 0.25) is 0 Å². The Morgan fingerprint density at radius 2 is 1.63 bits per heavy atom. The fourth-order valence-electron chi connectivity index (χ4n) is 1.76. The number of anilines is 1. The molecule has 0 aliphatic rings. The van der Waals surface area contributed by atoms with Gasteiger partial charge in [0.15, 0.2) is 5.11 Å². The fourth-order valence-corrected chi connectivity index (χ4v) is 2.18. The number of benzene rings is 1. The van der Waals surface area contributed by atoms with E-state index < -0.39 is 0 Å². The lowest BCUT2D eigenvalue weighted by molar-refractivity contribution is 0.515. The van der Waals surface area contributed by atoms with Gasteiger partial charge >= 0.3 is 0 Å². The Balaban J connectivity index is 2.84. The van der Waals surface area contributed by atoms with E-state index in [0.29, 0.717) is 5.11 Å². The molecule has 0 saturated heterocycles. The summed E-state index contributed by atoms with van der Waals surface area (Å²) in [4.78, 5) is 0. The topological polar surface area (TPSA) is 24.1 Å². The third-order valence-corrected chi connectivity index (χ3v) is 3.03. The van der Waals surface area contributed by atoms with Crippen LogP contribution in [-0.2, 0) is 5.41 Å². The zero-order valence-corrected chi connectivity index (χ0v) is 14.0. The quantitative estimate of drug-likeness (QED) is 0.746. The smallest absolute Gasteiger partial charge is 0.171 e. The van der Waals surface area contributed by atoms with Crippen molar-refractivity contribution in [1.29, 1.82) is 0 Å². The number of hydrogen-bond acceptors (Lipinski definition) is 1. The molecule has 1 aromatic carbocycles. The number of aryl methyl sites for hydroxylation is 1. The lowest BCUT2D eigenvalue weighted by Gasteiger charge is -2.24. The predicted octanol–water partition coefficient (Wildman–Crippen LogP) is 4.38. The summed E-state index contributed by atoms with van der Waals surface area (Å²) in [5.74, 6) is 0. The second-order valence-electron chi connectivity index (χ2n) is 7.11. The van der Waals surface area contributed by atoms with Gasteiger partial charge in [0.25, 0.3) is 0 Å². The third-order valence-electron chi connectivity index (χ3n) is 2.83. The van der Waals surface area contributed by atoms with E-state index in [9.17, 15) is 0 Å². The van der Waals surface area contributed by atoms with Crippen molar-refractivity contribution >= 4 is 23.0 Å². The minimum absolute atomic E-state index is 0.0245. The van der Waals surface area contributed by atoms with E-state index in [1.165, 1.54) is 11.1 Å². The maximum Gasteiger partial charge on any atom is 0.171 e. The summed E-state index contributed by atoms with van der Waals surface area (Å²) in [6.45, 7) is 15.1. The Labute approximate surface area is 123 Å². The van der Waals surface area contributed by atoms with Crippen molar-refractivity contribution in [1.82, 2.24) is 5.32 Å². The van der Waals surface area contributed by atoms with Crippen LogP contribution in [0.15, 0.2) is 18.2 Å². The van der Waals surface area contributed by atoms with E-state index in [-0.39, 0.29) is 11.0 Å². The average molecular weight is 278 g/mol. The first-order valence-corrected chi connectivity index (χ1v) is 7.10. The van der Waals surface area contributed by atoms with Crippen molar-refractivity contribution in [3.8, 4) is 0 Å². The molecule has 0 spiro atoms. The zero-order valence-electron chi connectivity index (χ0n) is 13.1. The molecule has 1 aromatic rings. The molecular weight excluding hydrogens is 252 g/mol. The summed E-state index contributed by atoms with van der Waals surface area (Å²) in [5.41, 5.74) is 3.77. The lowest BCUT2D eigenvalue weighted by Crippen LogP contribution is -2.43. The van der Waals surface area contributed by atoms with E-state index in [4.69, 9.17) is 12.2 Å². The Bertz CT molecular complexity index is 465. The minimum Gasteiger partial charge on any atom is -0.358 e. The lowest BCUT2D eigenvalue weighted by atomic mass is 9.86. The first-order valence-electron chi connectivity index (χ1n) is 6.69. The molecule has 2 nitrogen and oxygen atoms in total. The molecule has 0 fully saturated rings. The molecule has 2 N–H and O–H groups in total. The van der Waals surface area contributed by atoms with Crippen LogP contribution in [0, 0.1) is 6.92 Å². The molecule has 0 aromatic heterocycles. The molecule has 0 atom stereocenters. The minimum atomic E-state index is -0.0245. The summed E-state index contributed by atoms with van der Waals surface area (Å²) in [6.07, 6.45) is 0. The van der Waals surface area contributed by atoms with Gasteiger partial charge in [-0.1, -0.05) is 32.9 Å². The third kappa shape index (κ3) is 5.19. The van der Waals surface area contributed by atoms with Crippen LogP contribution in [0.3, 0.4) is 0 Å². The largest absolute Gasteiger partial charge is 0.358 e. The van der Waals surface area contributed by atoms with Crippen molar-refractivity contribution in [2.24, 2.45) is 0 Å². The van der Waals surface area contributed by atoms with Crippen LogP contribution >= 0.6 is 12.2 Å². The van der Waals surface area contributed by atoms with Crippen LogP contribution in [0.4, 0.5) is 5.69 Å². The highest BCUT2D eigenvalue weighted by atomic mass is 32.1. The molecule has 3 heteroatoms. The van der Waals surface area contributed by atoms with E-state index in [0.717, 1.165) is 5.69 Å². The Kier molecular flexibility index (Phi) is 4.62. The molecule has 0 radical (unpaired) electrons.